The summed E-state index contributed by atoms with van der Waals surface area (Å²) in [5, 5.41) is 14.5. The Balaban J connectivity index is 1.46. The summed E-state index contributed by atoms with van der Waals surface area (Å²) in [4.78, 5) is 30.8. The number of β-amino-alcohol motifs (C(OH)–C–C–N with tert-alkyl or cyclic N) is 1. The van der Waals surface area contributed by atoms with E-state index in [1.54, 1.807) is 0 Å². The SMILES string of the molecule is C=CCC1C[C@H](Cc2ccccc2)N(CC(O)CN2C[C@H]3CCCC[C@H]3CC2C(=O)NC(C)(C)C)C1=O. The molecular formula is C31H47N3O3. The summed E-state index contributed by atoms with van der Waals surface area (Å²) in [6.45, 7) is 11.5. The molecular weight excluding hydrogens is 462 g/mol. The average molecular weight is 510 g/mol. The number of nitrogens with zero attached hydrogens (tertiary/aromatic N) is 2. The number of rotatable bonds is 9. The third kappa shape index (κ3) is 7.23. The van der Waals surface area contributed by atoms with E-state index >= 15 is 0 Å². The molecule has 0 spiro atoms. The van der Waals surface area contributed by atoms with E-state index in [1.807, 2.05) is 49.9 Å². The van der Waals surface area contributed by atoms with Crippen LogP contribution in [0.25, 0.3) is 0 Å². The molecule has 6 nitrogen and oxygen atoms in total. The molecule has 37 heavy (non-hydrogen) atoms. The number of benzene rings is 1. The van der Waals surface area contributed by atoms with Crippen LogP contribution in [0.5, 0.6) is 0 Å². The molecule has 3 unspecified atom stereocenters. The van der Waals surface area contributed by atoms with Gasteiger partial charge >= 0.3 is 0 Å². The van der Waals surface area contributed by atoms with Crippen LogP contribution in [-0.4, -0.2) is 70.1 Å². The van der Waals surface area contributed by atoms with E-state index in [2.05, 4.69) is 28.9 Å². The van der Waals surface area contributed by atoms with Crippen LogP contribution in [0.2, 0.25) is 0 Å². The van der Waals surface area contributed by atoms with Gasteiger partial charge in [-0.2, -0.15) is 0 Å². The van der Waals surface area contributed by atoms with Crippen molar-refractivity contribution in [2.45, 2.75) is 95.9 Å². The van der Waals surface area contributed by atoms with Crippen molar-refractivity contribution in [2.24, 2.45) is 17.8 Å². The Bertz CT molecular complexity index is 927. The van der Waals surface area contributed by atoms with Gasteiger partial charge in [-0.05, 0) is 70.3 Å². The van der Waals surface area contributed by atoms with Crippen LogP contribution in [0.3, 0.4) is 0 Å². The van der Waals surface area contributed by atoms with Gasteiger partial charge in [-0.3, -0.25) is 14.5 Å². The Labute approximate surface area is 223 Å². The van der Waals surface area contributed by atoms with Crippen molar-refractivity contribution in [3.8, 4) is 0 Å². The summed E-state index contributed by atoms with van der Waals surface area (Å²) < 4.78 is 0. The van der Waals surface area contributed by atoms with E-state index in [9.17, 15) is 14.7 Å². The summed E-state index contributed by atoms with van der Waals surface area (Å²) in [5.41, 5.74) is 0.912. The van der Waals surface area contributed by atoms with Gasteiger partial charge in [0.25, 0.3) is 0 Å². The normalized spacial score (nSPS) is 29.6. The predicted octanol–water partition coefficient (Wildman–Crippen LogP) is 4.18. The lowest BCUT2D eigenvalue weighted by molar-refractivity contribution is -0.136. The molecule has 1 aromatic rings. The van der Waals surface area contributed by atoms with Crippen LogP contribution in [-0.2, 0) is 16.0 Å². The van der Waals surface area contributed by atoms with Crippen molar-refractivity contribution in [3.63, 3.8) is 0 Å². The zero-order valence-electron chi connectivity index (χ0n) is 23.1. The van der Waals surface area contributed by atoms with Crippen molar-refractivity contribution >= 4 is 11.8 Å². The van der Waals surface area contributed by atoms with Crippen LogP contribution >= 0.6 is 0 Å². The molecule has 2 aliphatic heterocycles. The zero-order chi connectivity index (χ0) is 26.6. The first-order valence-corrected chi connectivity index (χ1v) is 14.3. The smallest absolute Gasteiger partial charge is 0.237 e. The number of amides is 2. The number of likely N-dealkylation sites (tertiary alicyclic amines) is 2. The molecule has 4 rings (SSSR count). The van der Waals surface area contributed by atoms with Crippen molar-refractivity contribution < 1.29 is 14.7 Å². The third-order valence-electron chi connectivity index (χ3n) is 8.55. The Kier molecular flexibility index (Phi) is 9.12. The lowest BCUT2D eigenvalue weighted by Gasteiger charge is -2.46. The summed E-state index contributed by atoms with van der Waals surface area (Å²) in [5.74, 6) is 1.30. The molecule has 6 heteroatoms. The monoisotopic (exact) mass is 509 g/mol. The summed E-state index contributed by atoms with van der Waals surface area (Å²) >= 11 is 0. The fourth-order valence-corrected chi connectivity index (χ4v) is 6.87. The average Bonchev–Trinajstić information content (AvgIpc) is 3.12. The summed E-state index contributed by atoms with van der Waals surface area (Å²) in [7, 11) is 0. The van der Waals surface area contributed by atoms with Crippen LogP contribution in [0, 0.1) is 17.8 Å². The van der Waals surface area contributed by atoms with Gasteiger partial charge in [0.05, 0.1) is 12.1 Å². The molecule has 2 N–H and O–H groups in total. The van der Waals surface area contributed by atoms with Crippen molar-refractivity contribution in [1.29, 1.82) is 0 Å². The number of allylic oxidation sites excluding steroid dienone is 1. The van der Waals surface area contributed by atoms with Crippen molar-refractivity contribution in [2.75, 3.05) is 19.6 Å². The first-order chi connectivity index (χ1) is 17.6. The first kappa shape index (κ1) is 27.8. The molecule has 0 radical (unpaired) electrons. The van der Waals surface area contributed by atoms with Gasteiger partial charge in [0.1, 0.15) is 0 Å². The highest BCUT2D eigenvalue weighted by Crippen LogP contribution is 2.39. The maximum absolute atomic E-state index is 13.3. The maximum Gasteiger partial charge on any atom is 0.237 e. The molecule has 0 bridgehead atoms. The molecule has 2 heterocycles. The van der Waals surface area contributed by atoms with Gasteiger partial charge in [0, 0.05) is 37.1 Å². The van der Waals surface area contributed by atoms with Gasteiger partial charge < -0.3 is 15.3 Å². The number of aliphatic hydroxyl groups is 1. The van der Waals surface area contributed by atoms with Gasteiger partial charge in [0.2, 0.25) is 11.8 Å². The van der Waals surface area contributed by atoms with Crippen LogP contribution in [0.15, 0.2) is 43.0 Å². The molecule has 1 aliphatic carbocycles. The number of hydrogen-bond acceptors (Lipinski definition) is 4. The lowest BCUT2D eigenvalue weighted by atomic mass is 9.72. The zero-order valence-corrected chi connectivity index (χ0v) is 23.1. The van der Waals surface area contributed by atoms with Gasteiger partial charge in [-0.25, -0.2) is 0 Å². The molecule has 1 saturated carbocycles. The van der Waals surface area contributed by atoms with E-state index in [0.717, 1.165) is 25.8 Å². The minimum absolute atomic E-state index is 0.0639. The Morgan fingerprint density at radius 3 is 2.51 bits per heavy atom. The second kappa shape index (κ2) is 12.1. The number of hydrogen-bond donors (Lipinski definition) is 2. The highest BCUT2D eigenvalue weighted by molar-refractivity contribution is 5.83. The number of carbonyl (C=O) groups is 2. The molecule has 0 aromatic heterocycles. The summed E-state index contributed by atoms with van der Waals surface area (Å²) in [6, 6.07) is 10.1. The van der Waals surface area contributed by atoms with Crippen LogP contribution in [0.1, 0.15) is 71.3 Å². The van der Waals surface area contributed by atoms with E-state index in [0.29, 0.717) is 31.3 Å². The van der Waals surface area contributed by atoms with Crippen molar-refractivity contribution in [1.82, 2.24) is 15.1 Å². The van der Waals surface area contributed by atoms with E-state index in [1.165, 1.54) is 31.2 Å². The number of nitrogens with one attached hydrogen (secondary N) is 1. The first-order valence-electron chi connectivity index (χ1n) is 14.3. The highest BCUT2D eigenvalue weighted by Gasteiger charge is 2.43. The number of fused-ring (bicyclic) bond motifs is 1. The van der Waals surface area contributed by atoms with Crippen LogP contribution in [0.4, 0.5) is 0 Å². The largest absolute Gasteiger partial charge is 0.390 e. The van der Waals surface area contributed by atoms with Gasteiger partial charge in [0.15, 0.2) is 0 Å². The minimum atomic E-state index is -0.699. The van der Waals surface area contributed by atoms with E-state index in [4.69, 9.17) is 0 Å². The molecule has 3 fully saturated rings. The van der Waals surface area contributed by atoms with Crippen LogP contribution < -0.4 is 5.32 Å². The molecule has 204 valence electrons. The predicted molar refractivity (Wildman–Crippen MR) is 148 cm³/mol. The molecule has 6 atom stereocenters. The fraction of sp³-hybridized carbons (Fsp3) is 0.677. The molecule has 1 aromatic carbocycles. The topological polar surface area (TPSA) is 72.9 Å². The Morgan fingerprint density at radius 1 is 1.14 bits per heavy atom. The molecule has 2 amide bonds. The Hall–Kier alpha value is -2.18. The standard InChI is InChI=1S/C31H47N3O3/c1-5-11-24-17-26(16-22-12-7-6-8-13-22)34(30(24)37)21-27(35)20-33-19-25-15-10-9-14-23(25)18-28(33)29(36)32-31(2,3)4/h5-8,12-13,23-28,35H,1,9-11,14-21H2,2-4H3,(H,32,36)/t23-,24?,25+,26-,27?,28?/m0/s1. The number of piperidine rings is 1. The lowest BCUT2D eigenvalue weighted by Crippen LogP contribution is -2.59. The van der Waals surface area contributed by atoms with E-state index in [-0.39, 0.29) is 35.4 Å². The Morgan fingerprint density at radius 2 is 1.84 bits per heavy atom. The molecule has 2 saturated heterocycles. The number of carbonyl (C=O) groups excluding carboxylic acids is 2. The highest BCUT2D eigenvalue weighted by atomic mass is 16.3. The second-order valence-electron chi connectivity index (χ2n) is 12.7. The van der Waals surface area contributed by atoms with Gasteiger partial charge in [-0.15, -0.1) is 6.58 Å². The molecule has 3 aliphatic rings. The van der Waals surface area contributed by atoms with Gasteiger partial charge in [-0.1, -0.05) is 55.7 Å². The van der Waals surface area contributed by atoms with Crippen molar-refractivity contribution in [3.05, 3.63) is 48.6 Å². The quantitative estimate of drug-likeness (QED) is 0.490. The fourth-order valence-electron chi connectivity index (χ4n) is 6.87. The summed E-state index contributed by atoms with van der Waals surface area (Å²) in [6.07, 6.45) is 9.15. The third-order valence-corrected chi connectivity index (χ3v) is 8.55. The minimum Gasteiger partial charge on any atom is -0.390 e. The maximum atomic E-state index is 13.3. The van der Waals surface area contributed by atoms with E-state index < -0.39 is 6.10 Å². The number of aliphatic hydroxyl groups excluding tert-OH is 1. The second-order valence-corrected chi connectivity index (χ2v) is 12.7.